The van der Waals surface area contributed by atoms with Crippen LogP contribution in [-0.2, 0) is 4.74 Å². The number of ether oxygens (including phenoxy) is 1. The largest absolute Gasteiger partial charge is 0.374 e. The molecule has 0 bridgehead atoms. The molecule has 1 fully saturated rings. The Balaban J connectivity index is 2.27. The Kier molecular flexibility index (Phi) is 2.89. The van der Waals surface area contributed by atoms with Gasteiger partial charge in [0, 0.05) is 14.0 Å². The Bertz CT molecular complexity index is 382. The van der Waals surface area contributed by atoms with Gasteiger partial charge in [-0.25, -0.2) is 4.98 Å². The molecular formula is C11H15NO2S. The summed E-state index contributed by atoms with van der Waals surface area (Å²) < 4.78 is 5.44. The molecule has 82 valence electrons. The van der Waals surface area contributed by atoms with Gasteiger partial charge in [0.05, 0.1) is 10.6 Å². The summed E-state index contributed by atoms with van der Waals surface area (Å²) in [7, 11) is 1.72. The van der Waals surface area contributed by atoms with Gasteiger partial charge in [0.2, 0.25) is 0 Å². The van der Waals surface area contributed by atoms with E-state index in [1.54, 1.807) is 14.0 Å². The number of carbonyl (C=O) groups is 1. The van der Waals surface area contributed by atoms with E-state index < -0.39 is 0 Å². The first kappa shape index (κ1) is 10.8. The zero-order chi connectivity index (χ0) is 11.0. The van der Waals surface area contributed by atoms with Crippen molar-refractivity contribution >= 4 is 17.1 Å². The second-order valence-corrected chi connectivity index (χ2v) is 5.05. The maximum absolute atomic E-state index is 11.3. The lowest BCUT2D eigenvalue weighted by Gasteiger charge is -2.09. The van der Waals surface area contributed by atoms with Gasteiger partial charge in [-0.1, -0.05) is 0 Å². The van der Waals surface area contributed by atoms with Gasteiger partial charge in [0.1, 0.15) is 11.1 Å². The zero-order valence-corrected chi connectivity index (χ0v) is 10.1. The second-order valence-electron chi connectivity index (χ2n) is 4.02. The van der Waals surface area contributed by atoms with Gasteiger partial charge >= 0.3 is 0 Å². The van der Waals surface area contributed by atoms with Crippen molar-refractivity contribution in [3.63, 3.8) is 0 Å². The molecule has 0 spiro atoms. The normalized spacial score (nSPS) is 17.8. The number of carbonyl (C=O) groups excluding carboxylic acids is 1. The Labute approximate surface area is 93.5 Å². The minimum atomic E-state index is 0.0989. The molecule has 1 aromatic rings. The molecule has 0 aliphatic heterocycles. The van der Waals surface area contributed by atoms with E-state index in [4.69, 9.17) is 4.74 Å². The molecule has 1 aliphatic carbocycles. The Morgan fingerprint density at radius 2 is 2.27 bits per heavy atom. The van der Waals surface area contributed by atoms with Crippen LogP contribution in [0.1, 0.15) is 46.2 Å². The maximum atomic E-state index is 11.3. The van der Waals surface area contributed by atoms with Gasteiger partial charge in [-0.15, -0.1) is 11.3 Å². The van der Waals surface area contributed by atoms with Crippen molar-refractivity contribution in [2.24, 2.45) is 5.92 Å². The smallest absolute Gasteiger partial charge is 0.171 e. The number of methoxy groups -OCH3 is 1. The highest BCUT2D eigenvalue weighted by Crippen LogP contribution is 2.44. The molecule has 2 rings (SSSR count). The predicted octanol–water partition coefficient (Wildman–Crippen LogP) is 2.75. The molecule has 0 aromatic carbocycles. The number of hydrogen-bond donors (Lipinski definition) is 0. The molecule has 15 heavy (non-hydrogen) atoms. The molecule has 1 unspecified atom stereocenters. The number of aromatic nitrogens is 1. The van der Waals surface area contributed by atoms with Crippen molar-refractivity contribution in [1.29, 1.82) is 0 Å². The summed E-state index contributed by atoms with van der Waals surface area (Å²) >= 11 is 1.48. The third kappa shape index (κ3) is 2.11. The van der Waals surface area contributed by atoms with Crippen molar-refractivity contribution in [3.8, 4) is 0 Å². The Hall–Kier alpha value is -0.740. The number of rotatable bonds is 4. The molecule has 4 heteroatoms. The lowest BCUT2D eigenvalue weighted by Crippen LogP contribution is -2.02. The first-order valence-corrected chi connectivity index (χ1v) is 5.96. The lowest BCUT2D eigenvalue weighted by molar-refractivity contribution is 0.0843. The second kappa shape index (κ2) is 4.02. The van der Waals surface area contributed by atoms with Crippen molar-refractivity contribution in [3.05, 3.63) is 15.6 Å². The van der Waals surface area contributed by atoms with Crippen LogP contribution in [0.4, 0.5) is 0 Å². The van der Waals surface area contributed by atoms with Crippen LogP contribution >= 0.6 is 11.3 Å². The van der Waals surface area contributed by atoms with Gasteiger partial charge in [-0.2, -0.15) is 0 Å². The molecule has 1 saturated carbocycles. The predicted molar refractivity (Wildman–Crippen MR) is 59.3 cm³/mol. The number of aryl methyl sites for hydroxylation is 1. The summed E-state index contributed by atoms with van der Waals surface area (Å²) in [4.78, 5) is 16.5. The highest BCUT2D eigenvalue weighted by Gasteiger charge is 2.35. The van der Waals surface area contributed by atoms with Crippen LogP contribution in [0, 0.1) is 12.8 Å². The minimum absolute atomic E-state index is 0.0989. The van der Waals surface area contributed by atoms with Crippen LogP contribution in [0.25, 0.3) is 0 Å². The molecule has 0 amide bonds. The van der Waals surface area contributed by atoms with Gasteiger partial charge in [-0.05, 0) is 25.7 Å². The SMILES string of the molecule is COC(c1nc(C)c(C(C)=O)s1)C1CC1. The first-order valence-electron chi connectivity index (χ1n) is 5.14. The molecule has 1 aliphatic rings. The summed E-state index contributed by atoms with van der Waals surface area (Å²) in [5.41, 5.74) is 0.838. The molecule has 1 atom stereocenters. The number of nitrogens with zero attached hydrogens (tertiary/aromatic N) is 1. The summed E-state index contributed by atoms with van der Waals surface area (Å²) in [6.45, 7) is 3.47. The molecule has 1 heterocycles. The Morgan fingerprint density at radius 1 is 1.60 bits per heavy atom. The van der Waals surface area contributed by atoms with Crippen LogP contribution in [0.3, 0.4) is 0 Å². The molecule has 0 radical (unpaired) electrons. The van der Waals surface area contributed by atoms with E-state index >= 15 is 0 Å². The van der Waals surface area contributed by atoms with Gasteiger partial charge in [0.15, 0.2) is 5.78 Å². The van der Waals surface area contributed by atoms with Crippen molar-refractivity contribution in [2.75, 3.05) is 7.11 Å². The topological polar surface area (TPSA) is 39.2 Å². The van der Waals surface area contributed by atoms with E-state index in [1.807, 2.05) is 6.92 Å². The zero-order valence-electron chi connectivity index (χ0n) is 9.24. The average molecular weight is 225 g/mol. The highest BCUT2D eigenvalue weighted by molar-refractivity contribution is 7.13. The fraction of sp³-hybridized carbons (Fsp3) is 0.636. The Morgan fingerprint density at radius 3 is 2.67 bits per heavy atom. The van der Waals surface area contributed by atoms with Crippen LogP contribution in [0.15, 0.2) is 0 Å². The van der Waals surface area contributed by atoms with Crippen LogP contribution in [0.2, 0.25) is 0 Å². The van der Waals surface area contributed by atoms with E-state index in [-0.39, 0.29) is 11.9 Å². The number of thiazole rings is 1. The monoisotopic (exact) mass is 225 g/mol. The van der Waals surface area contributed by atoms with Crippen molar-refractivity contribution < 1.29 is 9.53 Å². The van der Waals surface area contributed by atoms with Crippen LogP contribution < -0.4 is 0 Å². The minimum Gasteiger partial charge on any atom is -0.374 e. The van der Waals surface area contributed by atoms with Gasteiger partial charge in [-0.3, -0.25) is 4.79 Å². The molecule has 0 saturated heterocycles. The quantitative estimate of drug-likeness (QED) is 0.740. The van der Waals surface area contributed by atoms with Crippen LogP contribution in [0.5, 0.6) is 0 Å². The average Bonchev–Trinajstić information content (AvgIpc) is 2.91. The van der Waals surface area contributed by atoms with E-state index in [1.165, 1.54) is 24.2 Å². The number of Topliss-reactive ketones (excluding diaryl/α,β-unsaturated/α-hetero) is 1. The van der Waals surface area contributed by atoms with E-state index in [0.717, 1.165) is 15.6 Å². The van der Waals surface area contributed by atoms with E-state index in [9.17, 15) is 4.79 Å². The third-order valence-electron chi connectivity index (χ3n) is 2.68. The summed E-state index contributed by atoms with van der Waals surface area (Å²) in [5, 5.41) is 0.961. The number of ketones is 1. The number of hydrogen-bond acceptors (Lipinski definition) is 4. The third-order valence-corrected chi connectivity index (χ3v) is 4.00. The van der Waals surface area contributed by atoms with E-state index in [0.29, 0.717) is 5.92 Å². The van der Waals surface area contributed by atoms with Gasteiger partial charge < -0.3 is 4.74 Å². The highest BCUT2D eigenvalue weighted by atomic mass is 32.1. The first-order chi connectivity index (χ1) is 7.13. The van der Waals surface area contributed by atoms with Gasteiger partial charge in [0.25, 0.3) is 0 Å². The van der Waals surface area contributed by atoms with Crippen molar-refractivity contribution in [2.45, 2.75) is 32.8 Å². The van der Waals surface area contributed by atoms with E-state index in [2.05, 4.69) is 4.98 Å². The standard InChI is InChI=1S/C11H15NO2S/c1-6-10(7(2)13)15-11(12-6)9(14-3)8-4-5-8/h8-9H,4-5H2,1-3H3. The van der Waals surface area contributed by atoms with Crippen LogP contribution in [-0.4, -0.2) is 17.9 Å². The molecular weight excluding hydrogens is 210 g/mol. The summed E-state index contributed by atoms with van der Waals surface area (Å²) in [6, 6.07) is 0. The lowest BCUT2D eigenvalue weighted by atomic mass is 10.2. The fourth-order valence-electron chi connectivity index (χ4n) is 1.76. The van der Waals surface area contributed by atoms with Crippen molar-refractivity contribution in [1.82, 2.24) is 4.98 Å². The molecule has 1 aromatic heterocycles. The fourth-order valence-corrected chi connectivity index (χ4v) is 2.89. The molecule has 0 N–H and O–H groups in total. The molecule has 3 nitrogen and oxygen atoms in total. The maximum Gasteiger partial charge on any atom is 0.171 e. The summed E-state index contributed by atoms with van der Waals surface area (Å²) in [5.74, 6) is 0.710. The summed E-state index contributed by atoms with van der Waals surface area (Å²) in [6.07, 6.45) is 2.53.